The van der Waals surface area contributed by atoms with Crippen LogP contribution in [0.2, 0.25) is 0 Å². The molecule has 1 N–H and O–H groups in total. The van der Waals surface area contributed by atoms with E-state index >= 15 is 0 Å². The topological polar surface area (TPSA) is 108 Å². The fourth-order valence-corrected chi connectivity index (χ4v) is 2.38. The predicted octanol–water partition coefficient (Wildman–Crippen LogP) is 2.18. The highest BCUT2D eigenvalue weighted by Crippen LogP contribution is 2.24. The molecule has 0 aromatic carbocycles. The number of rotatable bonds is 5. The van der Waals surface area contributed by atoms with Crippen LogP contribution in [-0.2, 0) is 9.53 Å². The number of hydrogen-bond donors (Lipinski definition) is 1. The Hall–Kier alpha value is -3.49. The number of aromatic nitrogens is 4. The molecule has 1 amide bonds. The van der Waals surface area contributed by atoms with Crippen LogP contribution in [0.5, 0.6) is 5.88 Å². The molecule has 0 aliphatic heterocycles. The number of nitrogens with one attached hydrogen (secondary N) is 1. The van der Waals surface area contributed by atoms with Gasteiger partial charge in [0.05, 0.1) is 26.1 Å². The van der Waals surface area contributed by atoms with Crippen molar-refractivity contribution in [3.63, 3.8) is 0 Å². The van der Waals surface area contributed by atoms with Crippen LogP contribution in [-0.4, -0.2) is 45.7 Å². The Morgan fingerprint density at radius 1 is 1.22 bits per heavy atom. The minimum atomic E-state index is -0.552. The predicted molar refractivity (Wildman–Crippen MR) is 97.6 cm³/mol. The van der Waals surface area contributed by atoms with E-state index in [9.17, 15) is 9.59 Å². The fourth-order valence-electron chi connectivity index (χ4n) is 2.38. The van der Waals surface area contributed by atoms with Crippen LogP contribution in [0, 0.1) is 5.92 Å². The highest BCUT2D eigenvalue weighted by Gasteiger charge is 2.17. The first-order chi connectivity index (χ1) is 12.9. The number of amides is 1. The van der Waals surface area contributed by atoms with Crippen molar-refractivity contribution < 1.29 is 19.1 Å². The average Bonchev–Trinajstić information content (AvgIpc) is 3.07. The lowest BCUT2D eigenvalue weighted by Gasteiger charge is -2.08. The summed E-state index contributed by atoms with van der Waals surface area (Å²) in [6, 6.07) is 5.11. The second-order valence-electron chi connectivity index (χ2n) is 6.06. The Bertz CT molecular complexity index is 1010. The molecule has 0 fully saturated rings. The Morgan fingerprint density at radius 3 is 2.67 bits per heavy atom. The van der Waals surface area contributed by atoms with Gasteiger partial charge in [-0.15, -0.1) is 0 Å². The first-order valence-corrected chi connectivity index (χ1v) is 8.23. The molecule has 0 saturated heterocycles. The summed E-state index contributed by atoms with van der Waals surface area (Å²) < 4.78 is 11.4. The van der Waals surface area contributed by atoms with Crippen molar-refractivity contribution >= 4 is 23.3 Å². The van der Waals surface area contributed by atoms with Crippen LogP contribution < -0.4 is 10.1 Å². The van der Waals surface area contributed by atoms with Crippen molar-refractivity contribution in [2.45, 2.75) is 13.8 Å². The molecule has 3 aromatic heterocycles. The second kappa shape index (κ2) is 7.40. The normalized spacial score (nSPS) is 10.9. The Labute approximate surface area is 155 Å². The molecule has 0 saturated carbocycles. The fraction of sp³-hybridized carbons (Fsp3) is 0.278. The minimum absolute atomic E-state index is 0.124. The summed E-state index contributed by atoms with van der Waals surface area (Å²) in [5.74, 6) is -0.237. The monoisotopic (exact) mass is 369 g/mol. The summed E-state index contributed by atoms with van der Waals surface area (Å²) in [5, 5.41) is 7.21. The van der Waals surface area contributed by atoms with Gasteiger partial charge in [0.15, 0.2) is 11.5 Å². The van der Waals surface area contributed by atoms with Gasteiger partial charge in [0.25, 0.3) is 0 Å². The molecule has 0 unspecified atom stereocenters. The summed E-state index contributed by atoms with van der Waals surface area (Å²) >= 11 is 0. The van der Waals surface area contributed by atoms with Gasteiger partial charge in [0.1, 0.15) is 5.56 Å². The summed E-state index contributed by atoms with van der Waals surface area (Å²) in [7, 11) is 2.72. The summed E-state index contributed by atoms with van der Waals surface area (Å²) in [5.41, 5.74) is 1.96. The van der Waals surface area contributed by atoms with E-state index in [2.05, 4.69) is 20.4 Å². The summed E-state index contributed by atoms with van der Waals surface area (Å²) in [6.45, 7) is 3.61. The van der Waals surface area contributed by atoms with Gasteiger partial charge < -0.3 is 14.8 Å². The third-order valence-electron chi connectivity index (χ3n) is 3.84. The zero-order chi connectivity index (χ0) is 19.6. The molecule has 3 aromatic rings. The first-order valence-electron chi connectivity index (χ1n) is 8.23. The van der Waals surface area contributed by atoms with Gasteiger partial charge in [-0.05, 0) is 18.2 Å². The summed E-state index contributed by atoms with van der Waals surface area (Å²) in [6.07, 6.45) is 3.18. The van der Waals surface area contributed by atoms with Gasteiger partial charge in [-0.2, -0.15) is 5.10 Å². The van der Waals surface area contributed by atoms with E-state index in [-0.39, 0.29) is 23.3 Å². The zero-order valence-corrected chi connectivity index (χ0v) is 15.4. The van der Waals surface area contributed by atoms with E-state index in [0.717, 1.165) is 0 Å². The van der Waals surface area contributed by atoms with Crippen LogP contribution in [0.15, 0.2) is 30.6 Å². The van der Waals surface area contributed by atoms with Gasteiger partial charge in [-0.25, -0.2) is 19.3 Å². The van der Waals surface area contributed by atoms with Gasteiger partial charge in [-0.1, -0.05) is 13.8 Å². The van der Waals surface area contributed by atoms with Crippen LogP contribution in [0.1, 0.15) is 24.2 Å². The van der Waals surface area contributed by atoms with Crippen molar-refractivity contribution in [1.29, 1.82) is 0 Å². The standard InChI is InChI=1S/C18H19N5O4/c1-10(2)16(24)21-14-9-23-15(20-14)6-5-13(22-23)11-7-12(18(25)27-4)17(26-3)19-8-11/h5-10H,1-4H3,(H,21,24). The molecule has 0 bridgehead atoms. The van der Waals surface area contributed by atoms with E-state index in [1.807, 2.05) is 0 Å². The number of nitrogens with zero attached hydrogens (tertiary/aromatic N) is 4. The molecule has 9 nitrogen and oxygen atoms in total. The van der Waals surface area contributed by atoms with Crippen LogP contribution >= 0.6 is 0 Å². The lowest BCUT2D eigenvalue weighted by atomic mass is 10.1. The molecule has 27 heavy (non-hydrogen) atoms. The van der Waals surface area contributed by atoms with Crippen molar-refractivity contribution in [3.8, 4) is 17.1 Å². The van der Waals surface area contributed by atoms with Gasteiger partial charge in [0, 0.05) is 17.7 Å². The van der Waals surface area contributed by atoms with E-state index in [4.69, 9.17) is 9.47 Å². The number of carbonyl (C=O) groups excluding carboxylic acids is 2. The maximum absolute atomic E-state index is 11.9. The van der Waals surface area contributed by atoms with Crippen molar-refractivity contribution in [2.75, 3.05) is 19.5 Å². The molecular weight excluding hydrogens is 350 g/mol. The molecule has 0 aliphatic carbocycles. The number of ether oxygens (including phenoxy) is 2. The third kappa shape index (κ3) is 3.71. The van der Waals surface area contributed by atoms with E-state index < -0.39 is 5.97 Å². The van der Waals surface area contributed by atoms with Crippen molar-refractivity contribution in [2.24, 2.45) is 5.92 Å². The third-order valence-corrected chi connectivity index (χ3v) is 3.84. The number of fused-ring (bicyclic) bond motifs is 1. The molecule has 0 aliphatic rings. The molecule has 140 valence electrons. The van der Waals surface area contributed by atoms with Crippen LogP contribution in [0.3, 0.4) is 0 Å². The number of imidazole rings is 1. The SMILES string of the molecule is COC(=O)c1cc(-c2ccc3nc(NC(=O)C(C)C)cn3n2)cnc1OC. The average molecular weight is 369 g/mol. The van der Waals surface area contributed by atoms with Crippen molar-refractivity contribution in [3.05, 3.63) is 36.2 Å². The van der Waals surface area contributed by atoms with Crippen LogP contribution in [0.4, 0.5) is 5.82 Å². The number of anilines is 1. The van der Waals surface area contributed by atoms with Gasteiger partial charge in [0.2, 0.25) is 11.8 Å². The first kappa shape index (κ1) is 18.3. The Balaban J connectivity index is 1.97. The smallest absolute Gasteiger partial charge is 0.343 e. The van der Waals surface area contributed by atoms with Crippen molar-refractivity contribution in [1.82, 2.24) is 19.6 Å². The van der Waals surface area contributed by atoms with Crippen LogP contribution in [0.25, 0.3) is 16.9 Å². The maximum Gasteiger partial charge on any atom is 0.343 e. The highest BCUT2D eigenvalue weighted by atomic mass is 16.5. The lowest BCUT2D eigenvalue weighted by Crippen LogP contribution is -2.17. The number of hydrogen-bond acceptors (Lipinski definition) is 7. The maximum atomic E-state index is 11.9. The van der Waals surface area contributed by atoms with E-state index in [1.165, 1.54) is 14.2 Å². The highest BCUT2D eigenvalue weighted by molar-refractivity contribution is 5.93. The number of methoxy groups -OCH3 is 2. The largest absolute Gasteiger partial charge is 0.480 e. The van der Waals surface area contributed by atoms with E-state index in [1.54, 1.807) is 49.0 Å². The molecule has 0 spiro atoms. The zero-order valence-electron chi connectivity index (χ0n) is 15.4. The van der Waals surface area contributed by atoms with Gasteiger partial charge >= 0.3 is 5.97 Å². The number of esters is 1. The minimum Gasteiger partial charge on any atom is -0.480 e. The lowest BCUT2D eigenvalue weighted by molar-refractivity contribution is -0.118. The molecular formula is C18H19N5O4. The molecule has 9 heteroatoms. The molecule has 0 atom stereocenters. The Kier molecular flexibility index (Phi) is 5.02. The quantitative estimate of drug-likeness (QED) is 0.687. The molecule has 0 radical (unpaired) electrons. The summed E-state index contributed by atoms with van der Waals surface area (Å²) in [4.78, 5) is 32.2. The number of pyridine rings is 1. The Morgan fingerprint density at radius 2 is 2.00 bits per heavy atom. The second-order valence-corrected chi connectivity index (χ2v) is 6.06. The van der Waals surface area contributed by atoms with Gasteiger partial charge in [-0.3, -0.25) is 4.79 Å². The molecule has 3 rings (SSSR count). The number of carbonyl (C=O) groups is 2. The van der Waals surface area contributed by atoms with E-state index in [0.29, 0.717) is 22.7 Å². The molecule has 3 heterocycles.